The van der Waals surface area contributed by atoms with Crippen LogP contribution in [0, 0.1) is 0 Å². The quantitative estimate of drug-likeness (QED) is 0.0539. The highest BCUT2D eigenvalue weighted by atomic mass is 16.3. The van der Waals surface area contributed by atoms with E-state index in [1.54, 1.807) is 6.08 Å². The Labute approximate surface area is 272 Å². The van der Waals surface area contributed by atoms with Crippen LogP contribution < -0.4 is 5.32 Å². The maximum atomic E-state index is 12.2. The third kappa shape index (κ3) is 31.3. The lowest BCUT2D eigenvalue weighted by Crippen LogP contribution is -2.45. The van der Waals surface area contributed by atoms with E-state index in [1.807, 2.05) is 12.2 Å². The second-order valence-corrected chi connectivity index (χ2v) is 11.9. The van der Waals surface area contributed by atoms with Gasteiger partial charge < -0.3 is 15.5 Å². The first-order valence-corrected chi connectivity index (χ1v) is 18.2. The van der Waals surface area contributed by atoms with Crippen molar-refractivity contribution >= 4 is 5.91 Å². The average Bonchev–Trinajstić information content (AvgIpc) is 3.03. The lowest BCUT2D eigenvalue weighted by molar-refractivity contribution is -0.122. The third-order valence-electron chi connectivity index (χ3n) is 7.69. The van der Waals surface area contributed by atoms with Gasteiger partial charge in [-0.05, 0) is 57.8 Å². The minimum atomic E-state index is -0.892. The fraction of sp³-hybridized carbons (Fsp3) is 0.675. The van der Waals surface area contributed by atoms with E-state index in [1.165, 1.54) is 83.5 Å². The van der Waals surface area contributed by atoms with Gasteiger partial charge in [0.2, 0.25) is 5.91 Å². The maximum absolute atomic E-state index is 12.2. The van der Waals surface area contributed by atoms with Crippen molar-refractivity contribution in [1.29, 1.82) is 0 Å². The van der Waals surface area contributed by atoms with Crippen LogP contribution in [0.15, 0.2) is 72.9 Å². The van der Waals surface area contributed by atoms with Crippen LogP contribution in [0.3, 0.4) is 0 Å². The standard InChI is InChI=1S/C40H69NO3/c1-3-5-7-9-11-13-15-17-18-19-20-21-22-24-25-27-29-31-33-35-39(43)38(37-42)41-40(44)36-34-32-30-28-26-23-16-14-12-10-8-6-4-2/h6,8,12,14,23,25-27,30,32-33,35,38-39,42-43H,3-5,7,9-11,13,15-22,24,28-29,31,34,36-37H2,1-2H3,(H,41,44)/b8-6-,14-12-,26-23-,27-25+,32-30-,35-33+. The molecule has 44 heavy (non-hydrogen) atoms. The number of amides is 1. The molecule has 0 heterocycles. The number of rotatable bonds is 31. The molecule has 0 aromatic carbocycles. The van der Waals surface area contributed by atoms with Crippen molar-refractivity contribution in [3.8, 4) is 0 Å². The molecule has 0 rings (SSSR count). The van der Waals surface area contributed by atoms with Gasteiger partial charge in [-0.1, -0.05) is 164 Å². The molecular formula is C40H69NO3. The molecular weight excluding hydrogens is 542 g/mol. The molecule has 0 spiro atoms. The van der Waals surface area contributed by atoms with Crippen molar-refractivity contribution in [1.82, 2.24) is 5.32 Å². The summed E-state index contributed by atoms with van der Waals surface area (Å²) in [5, 5.41) is 22.8. The summed E-state index contributed by atoms with van der Waals surface area (Å²) in [7, 11) is 0. The van der Waals surface area contributed by atoms with Crippen molar-refractivity contribution in [3.05, 3.63) is 72.9 Å². The minimum absolute atomic E-state index is 0.157. The molecule has 4 heteroatoms. The first-order valence-electron chi connectivity index (χ1n) is 18.2. The van der Waals surface area contributed by atoms with Gasteiger partial charge in [0.05, 0.1) is 18.8 Å². The Bertz CT molecular complexity index is 792. The number of nitrogens with one attached hydrogen (secondary N) is 1. The topological polar surface area (TPSA) is 69.6 Å². The summed E-state index contributed by atoms with van der Waals surface area (Å²) in [5.41, 5.74) is 0. The summed E-state index contributed by atoms with van der Waals surface area (Å²) in [6.45, 7) is 4.12. The molecule has 2 atom stereocenters. The molecule has 0 aliphatic rings. The van der Waals surface area contributed by atoms with Crippen molar-refractivity contribution < 1.29 is 15.0 Å². The van der Waals surface area contributed by atoms with Gasteiger partial charge >= 0.3 is 0 Å². The molecule has 3 N–H and O–H groups in total. The highest BCUT2D eigenvalue weighted by Crippen LogP contribution is 2.13. The van der Waals surface area contributed by atoms with E-state index >= 15 is 0 Å². The Morgan fingerprint density at radius 2 is 1.02 bits per heavy atom. The zero-order chi connectivity index (χ0) is 32.2. The van der Waals surface area contributed by atoms with Crippen molar-refractivity contribution in [3.63, 3.8) is 0 Å². The van der Waals surface area contributed by atoms with Crippen LogP contribution in [0.5, 0.6) is 0 Å². The Hall–Kier alpha value is -2.17. The number of unbranched alkanes of at least 4 members (excludes halogenated alkanes) is 14. The number of carbonyl (C=O) groups is 1. The van der Waals surface area contributed by atoms with E-state index in [4.69, 9.17) is 0 Å². The van der Waals surface area contributed by atoms with Crippen LogP contribution in [-0.2, 0) is 4.79 Å². The molecule has 4 nitrogen and oxygen atoms in total. The highest BCUT2D eigenvalue weighted by molar-refractivity contribution is 5.76. The van der Waals surface area contributed by atoms with Gasteiger partial charge in [-0.15, -0.1) is 0 Å². The van der Waals surface area contributed by atoms with E-state index in [-0.39, 0.29) is 12.5 Å². The summed E-state index contributed by atoms with van der Waals surface area (Å²) < 4.78 is 0. The lowest BCUT2D eigenvalue weighted by Gasteiger charge is -2.19. The Kier molecular flexibility index (Phi) is 33.6. The SMILES string of the molecule is CC/C=C\C/C=C\C/C=C\C/C=C\CCC(=O)NC(CO)C(O)/C=C/CC/C=C/CCCCCCCCCCCCCCC. The summed E-state index contributed by atoms with van der Waals surface area (Å²) >= 11 is 0. The van der Waals surface area contributed by atoms with Gasteiger partial charge in [-0.3, -0.25) is 4.79 Å². The van der Waals surface area contributed by atoms with Crippen LogP contribution in [-0.4, -0.2) is 34.9 Å². The van der Waals surface area contributed by atoms with Gasteiger partial charge in [-0.2, -0.15) is 0 Å². The molecule has 0 saturated heterocycles. The molecule has 0 fully saturated rings. The zero-order valence-electron chi connectivity index (χ0n) is 28.6. The number of hydrogen-bond donors (Lipinski definition) is 3. The van der Waals surface area contributed by atoms with Crippen LogP contribution in [0.2, 0.25) is 0 Å². The third-order valence-corrected chi connectivity index (χ3v) is 7.69. The van der Waals surface area contributed by atoms with Crippen molar-refractivity contribution in [2.24, 2.45) is 0 Å². The summed E-state index contributed by atoms with van der Waals surface area (Å²) in [4.78, 5) is 12.2. The van der Waals surface area contributed by atoms with Crippen LogP contribution >= 0.6 is 0 Å². The van der Waals surface area contributed by atoms with E-state index in [9.17, 15) is 15.0 Å². The molecule has 0 radical (unpaired) electrons. The molecule has 2 unspecified atom stereocenters. The van der Waals surface area contributed by atoms with Gasteiger partial charge in [0.1, 0.15) is 0 Å². The molecule has 0 aliphatic carbocycles. The van der Waals surface area contributed by atoms with Crippen LogP contribution in [0.4, 0.5) is 0 Å². The normalized spacial score (nSPS) is 14.0. The molecule has 0 aromatic rings. The lowest BCUT2D eigenvalue weighted by atomic mass is 10.0. The minimum Gasteiger partial charge on any atom is -0.394 e. The smallest absolute Gasteiger partial charge is 0.220 e. The second-order valence-electron chi connectivity index (χ2n) is 11.9. The maximum Gasteiger partial charge on any atom is 0.220 e. The van der Waals surface area contributed by atoms with Gasteiger partial charge in [0.25, 0.3) is 0 Å². The summed E-state index contributed by atoms with van der Waals surface area (Å²) in [5.74, 6) is -0.157. The van der Waals surface area contributed by atoms with Gasteiger partial charge in [-0.25, -0.2) is 0 Å². The molecule has 0 saturated carbocycles. The Morgan fingerprint density at radius 1 is 0.568 bits per heavy atom. The number of aliphatic hydroxyl groups excluding tert-OH is 2. The van der Waals surface area contributed by atoms with E-state index < -0.39 is 12.1 Å². The van der Waals surface area contributed by atoms with Crippen molar-refractivity contribution in [2.75, 3.05) is 6.61 Å². The number of aliphatic hydroxyl groups is 2. The fourth-order valence-electron chi connectivity index (χ4n) is 4.91. The monoisotopic (exact) mass is 612 g/mol. The number of hydrogen-bond acceptors (Lipinski definition) is 3. The average molecular weight is 612 g/mol. The number of allylic oxidation sites excluding steroid dienone is 11. The molecule has 252 valence electrons. The molecule has 1 amide bonds. The van der Waals surface area contributed by atoms with Gasteiger partial charge in [0, 0.05) is 6.42 Å². The second kappa shape index (κ2) is 35.3. The van der Waals surface area contributed by atoms with Crippen molar-refractivity contribution in [2.45, 2.75) is 167 Å². The van der Waals surface area contributed by atoms with Crippen LogP contribution in [0.25, 0.3) is 0 Å². The zero-order valence-corrected chi connectivity index (χ0v) is 28.6. The predicted molar refractivity (Wildman–Crippen MR) is 193 cm³/mol. The highest BCUT2D eigenvalue weighted by Gasteiger charge is 2.17. The summed E-state index contributed by atoms with van der Waals surface area (Å²) in [6, 6.07) is -0.678. The van der Waals surface area contributed by atoms with E-state index in [2.05, 4.69) is 73.8 Å². The van der Waals surface area contributed by atoms with E-state index in [0.717, 1.165) is 44.9 Å². The molecule has 0 aliphatic heterocycles. The largest absolute Gasteiger partial charge is 0.394 e. The van der Waals surface area contributed by atoms with E-state index in [0.29, 0.717) is 12.8 Å². The molecule has 0 aromatic heterocycles. The first-order chi connectivity index (χ1) is 21.7. The predicted octanol–water partition coefficient (Wildman–Crippen LogP) is 10.8. The first kappa shape index (κ1) is 41.8. The Morgan fingerprint density at radius 3 is 1.57 bits per heavy atom. The van der Waals surface area contributed by atoms with Crippen LogP contribution in [0.1, 0.15) is 155 Å². The number of carbonyl (C=O) groups excluding carboxylic acids is 1. The molecule has 0 bridgehead atoms. The fourth-order valence-corrected chi connectivity index (χ4v) is 4.91. The Balaban J connectivity index is 3.78. The van der Waals surface area contributed by atoms with Gasteiger partial charge in [0.15, 0.2) is 0 Å². The summed E-state index contributed by atoms with van der Waals surface area (Å²) in [6.07, 6.45) is 50.0.